The second kappa shape index (κ2) is 6.23. The fourth-order valence-corrected chi connectivity index (χ4v) is 3.47. The summed E-state index contributed by atoms with van der Waals surface area (Å²) in [6, 6.07) is 6.32. The molecular weight excluding hydrogens is 293 g/mol. The minimum atomic E-state index is 0.156. The number of ether oxygens (including phenoxy) is 1. The molecule has 3 atom stereocenters. The van der Waals surface area contributed by atoms with Crippen LogP contribution < -0.4 is 5.32 Å². The van der Waals surface area contributed by atoms with Crippen LogP contribution in [0.15, 0.2) is 18.2 Å². The third kappa shape index (κ3) is 3.14. The Balaban J connectivity index is 2.01. The lowest BCUT2D eigenvalue weighted by Crippen LogP contribution is -2.61. The van der Waals surface area contributed by atoms with Gasteiger partial charge in [-0.3, -0.25) is 0 Å². The van der Waals surface area contributed by atoms with Crippen molar-refractivity contribution in [2.75, 3.05) is 6.61 Å². The van der Waals surface area contributed by atoms with Gasteiger partial charge in [0.1, 0.15) is 0 Å². The van der Waals surface area contributed by atoms with Gasteiger partial charge in [-0.1, -0.05) is 43.1 Å². The second-order valence-electron chi connectivity index (χ2n) is 6.11. The standard InChI is InChI=1S/C16H23Cl2NO/c1-5-20-15-9-14(16(15,3)4)19-10(2)12-7-6-11(17)8-13(12)18/h6-8,10,14-15,19H,5,9H2,1-4H3. The Morgan fingerprint density at radius 3 is 2.65 bits per heavy atom. The molecule has 1 saturated carbocycles. The molecule has 0 saturated heterocycles. The monoisotopic (exact) mass is 315 g/mol. The minimum absolute atomic E-state index is 0.156. The summed E-state index contributed by atoms with van der Waals surface area (Å²) in [6.07, 6.45) is 1.40. The van der Waals surface area contributed by atoms with Crippen molar-refractivity contribution in [2.24, 2.45) is 5.41 Å². The second-order valence-corrected chi connectivity index (χ2v) is 6.95. The Morgan fingerprint density at radius 1 is 1.40 bits per heavy atom. The zero-order valence-electron chi connectivity index (χ0n) is 12.5. The zero-order valence-corrected chi connectivity index (χ0v) is 14.1. The van der Waals surface area contributed by atoms with Crippen molar-refractivity contribution in [3.05, 3.63) is 33.8 Å². The number of benzene rings is 1. The van der Waals surface area contributed by atoms with E-state index in [1.165, 1.54) is 0 Å². The highest BCUT2D eigenvalue weighted by molar-refractivity contribution is 6.35. The van der Waals surface area contributed by atoms with E-state index in [9.17, 15) is 0 Å². The van der Waals surface area contributed by atoms with Crippen LogP contribution in [0.4, 0.5) is 0 Å². The third-order valence-electron chi connectivity index (χ3n) is 4.43. The van der Waals surface area contributed by atoms with Crippen molar-refractivity contribution in [1.29, 1.82) is 0 Å². The van der Waals surface area contributed by atoms with Crippen LogP contribution in [0.5, 0.6) is 0 Å². The number of nitrogens with one attached hydrogen (secondary N) is 1. The molecule has 1 aliphatic carbocycles. The van der Waals surface area contributed by atoms with Gasteiger partial charge < -0.3 is 10.1 Å². The number of halogens is 2. The molecule has 2 nitrogen and oxygen atoms in total. The van der Waals surface area contributed by atoms with Crippen molar-refractivity contribution in [3.8, 4) is 0 Å². The van der Waals surface area contributed by atoms with E-state index < -0.39 is 0 Å². The molecular formula is C16H23Cl2NO. The third-order valence-corrected chi connectivity index (χ3v) is 4.99. The lowest BCUT2D eigenvalue weighted by Gasteiger charge is -2.52. The van der Waals surface area contributed by atoms with Gasteiger partial charge in [-0.05, 0) is 38.0 Å². The van der Waals surface area contributed by atoms with E-state index in [-0.39, 0.29) is 11.5 Å². The Morgan fingerprint density at radius 2 is 2.10 bits per heavy atom. The van der Waals surface area contributed by atoms with E-state index in [0.29, 0.717) is 17.2 Å². The Kier molecular flexibility index (Phi) is 5.01. The fraction of sp³-hybridized carbons (Fsp3) is 0.625. The molecule has 0 heterocycles. The molecule has 1 fully saturated rings. The Hall–Kier alpha value is -0.280. The predicted molar refractivity (Wildman–Crippen MR) is 85.6 cm³/mol. The molecule has 1 aromatic rings. The predicted octanol–water partition coefficient (Wildman–Crippen LogP) is 4.85. The van der Waals surface area contributed by atoms with Gasteiger partial charge in [-0.25, -0.2) is 0 Å². The lowest BCUT2D eigenvalue weighted by molar-refractivity contribution is -0.116. The molecule has 4 heteroatoms. The van der Waals surface area contributed by atoms with Gasteiger partial charge in [0.05, 0.1) is 6.10 Å². The SMILES string of the molecule is CCOC1CC(NC(C)c2ccc(Cl)cc2Cl)C1(C)C. The van der Waals surface area contributed by atoms with Crippen LogP contribution in [0.1, 0.15) is 45.7 Å². The molecule has 20 heavy (non-hydrogen) atoms. The van der Waals surface area contributed by atoms with Gasteiger partial charge in [0.25, 0.3) is 0 Å². The molecule has 0 aliphatic heterocycles. The van der Waals surface area contributed by atoms with Gasteiger partial charge in [0, 0.05) is 34.2 Å². The molecule has 3 unspecified atom stereocenters. The highest BCUT2D eigenvalue weighted by Crippen LogP contribution is 2.44. The van der Waals surface area contributed by atoms with E-state index in [0.717, 1.165) is 23.6 Å². The van der Waals surface area contributed by atoms with Crippen LogP contribution in [0, 0.1) is 5.41 Å². The average molecular weight is 316 g/mol. The molecule has 0 aromatic heterocycles. The molecule has 1 N–H and O–H groups in total. The summed E-state index contributed by atoms with van der Waals surface area (Å²) in [5.74, 6) is 0. The topological polar surface area (TPSA) is 21.3 Å². The summed E-state index contributed by atoms with van der Waals surface area (Å²) in [5.41, 5.74) is 1.25. The molecule has 1 aliphatic rings. The van der Waals surface area contributed by atoms with E-state index in [4.69, 9.17) is 27.9 Å². The van der Waals surface area contributed by atoms with Crippen LogP contribution in [0.2, 0.25) is 10.0 Å². The van der Waals surface area contributed by atoms with Gasteiger partial charge in [0.2, 0.25) is 0 Å². The van der Waals surface area contributed by atoms with Gasteiger partial charge >= 0.3 is 0 Å². The molecule has 1 aromatic carbocycles. The quantitative estimate of drug-likeness (QED) is 0.838. The normalized spacial score (nSPS) is 26.1. The first-order valence-electron chi connectivity index (χ1n) is 7.18. The largest absolute Gasteiger partial charge is 0.378 e. The van der Waals surface area contributed by atoms with E-state index in [1.54, 1.807) is 6.07 Å². The van der Waals surface area contributed by atoms with E-state index in [2.05, 4.69) is 26.1 Å². The van der Waals surface area contributed by atoms with Gasteiger partial charge in [-0.2, -0.15) is 0 Å². The molecule has 0 amide bonds. The van der Waals surface area contributed by atoms with E-state index in [1.807, 2.05) is 19.1 Å². The first kappa shape index (κ1) is 16.1. The number of hydrogen-bond acceptors (Lipinski definition) is 2. The van der Waals surface area contributed by atoms with Crippen molar-refractivity contribution >= 4 is 23.2 Å². The summed E-state index contributed by atoms with van der Waals surface area (Å²) in [4.78, 5) is 0. The highest BCUT2D eigenvalue weighted by atomic mass is 35.5. The smallest absolute Gasteiger partial charge is 0.0655 e. The number of hydrogen-bond donors (Lipinski definition) is 1. The molecule has 112 valence electrons. The van der Waals surface area contributed by atoms with Crippen LogP contribution >= 0.6 is 23.2 Å². The fourth-order valence-electron chi connectivity index (χ4n) is 2.90. The summed E-state index contributed by atoms with van der Waals surface area (Å²) >= 11 is 12.2. The van der Waals surface area contributed by atoms with Crippen LogP contribution in [0.3, 0.4) is 0 Å². The average Bonchev–Trinajstić information content (AvgIpc) is 2.37. The van der Waals surface area contributed by atoms with Crippen molar-refractivity contribution in [3.63, 3.8) is 0 Å². The number of rotatable bonds is 5. The zero-order chi connectivity index (χ0) is 14.9. The molecule has 0 spiro atoms. The van der Waals surface area contributed by atoms with E-state index >= 15 is 0 Å². The summed E-state index contributed by atoms with van der Waals surface area (Å²) < 4.78 is 5.77. The highest BCUT2D eigenvalue weighted by Gasteiger charge is 2.49. The van der Waals surface area contributed by atoms with Crippen molar-refractivity contribution in [1.82, 2.24) is 5.32 Å². The summed E-state index contributed by atoms with van der Waals surface area (Å²) in [7, 11) is 0. The van der Waals surface area contributed by atoms with Crippen LogP contribution in [-0.2, 0) is 4.74 Å². The van der Waals surface area contributed by atoms with Crippen LogP contribution in [-0.4, -0.2) is 18.8 Å². The first-order valence-corrected chi connectivity index (χ1v) is 7.94. The molecule has 2 rings (SSSR count). The summed E-state index contributed by atoms with van der Waals surface area (Å²) in [5, 5.41) is 5.06. The molecule has 0 bridgehead atoms. The van der Waals surface area contributed by atoms with Gasteiger partial charge in [0.15, 0.2) is 0 Å². The van der Waals surface area contributed by atoms with Crippen molar-refractivity contribution in [2.45, 2.75) is 52.3 Å². The molecule has 0 radical (unpaired) electrons. The minimum Gasteiger partial charge on any atom is -0.378 e. The van der Waals surface area contributed by atoms with Gasteiger partial charge in [-0.15, -0.1) is 0 Å². The van der Waals surface area contributed by atoms with Crippen molar-refractivity contribution < 1.29 is 4.74 Å². The lowest BCUT2D eigenvalue weighted by atomic mass is 9.64. The summed E-state index contributed by atoms with van der Waals surface area (Å²) in [6.45, 7) is 9.47. The maximum absolute atomic E-state index is 6.27. The maximum atomic E-state index is 6.27. The van der Waals surface area contributed by atoms with Crippen LogP contribution in [0.25, 0.3) is 0 Å². The Labute approximate surface area is 131 Å². The first-order chi connectivity index (χ1) is 9.36. The Bertz CT molecular complexity index is 476. The maximum Gasteiger partial charge on any atom is 0.0655 e.